The number of nitrogens with zero attached hydrogens (tertiary/aromatic N) is 5. The number of amides is 1. The first-order valence-corrected chi connectivity index (χ1v) is 6.47. The summed E-state index contributed by atoms with van der Waals surface area (Å²) in [6.45, 7) is 1.60. The zero-order valence-electron chi connectivity index (χ0n) is 10.9. The lowest BCUT2D eigenvalue weighted by Crippen LogP contribution is -2.24. The van der Waals surface area contributed by atoms with Crippen LogP contribution >= 0.6 is 0 Å². The van der Waals surface area contributed by atoms with Gasteiger partial charge in [0.25, 0.3) is 0 Å². The van der Waals surface area contributed by atoms with Crippen LogP contribution in [0.3, 0.4) is 0 Å². The number of nitrogens with one attached hydrogen (secondary N) is 1. The number of carbonyl (C=O) groups is 1. The highest BCUT2D eigenvalue weighted by atomic mass is 16.2. The van der Waals surface area contributed by atoms with Gasteiger partial charge in [-0.25, -0.2) is 0 Å². The number of hydrogen-bond acceptors (Lipinski definition) is 3. The molecule has 1 saturated heterocycles. The van der Waals surface area contributed by atoms with Gasteiger partial charge in [-0.1, -0.05) is 17.2 Å². The Hall–Kier alpha value is -2.53. The molecule has 0 saturated carbocycles. The number of hydrogen-bond donors (Lipinski definition) is 1. The maximum atomic E-state index is 12.0. The van der Waals surface area contributed by atoms with Crippen molar-refractivity contribution in [3.05, 3.63) is 40.4 Å². The van der Waals surface area contributed by atoms with Crippen LogP contribution in [0, 0.1) is 5.92 Å². The number of H-pyrrole nitrogens is 1. The maximum absolute atomic E-state index is 12.0. The van der Waals surface area contributed by atoms with E-state index in [1.165, 1.54) is 0 Å². The number of benzene rings is 1. The van der Waals surface area contributed by atoms with E-state index in [4.69, 9.17) is 5.53 Å². The van der Waals surface area contributed by atoms with Crippen molar-refractivity contribution in [1.82, 2.24) is 15.1 Å². The Labute approximate surface area is 115 Å². The van der Waals surface area contributed by atoms with Crippen molar-refractivity contribution < 1.29 is 4.79 Å². The summed E-state index contributed by atoms with van der Waals surface area (Å²) in [6, 6.07) is 5.92. The van der Waals surface area contributed by atoms with E-state index in [-0.39, 0.29) is 11.8 Å². The van der Waals surface area contributed by atoms with Crippen molar-refractivity contribution >= 4 is 16.8 Å². The SMILES string of the molecule is [N-]=[N+]=NCC1CC(=O)N(Cc2cccc3[nH]ncc23)C1. The van der Waals surface area contributed by atoms with Gasteiger partial charge in [-0.05, 0) is 23.1 Å². The average Bonchev–Trinajstić information content (AvgIpc) is 3.04. The number of aromatic nitrogens is 2. The first-order valence-electron chi connectivity index (χ1n) is 6.47. The molecule has 1 fully saturated rings. The van der Waals surface area contributed by atoms with Gasteiger partial charge in [0.05, 0.1) is 11.7 Å². The standard InChI is InChI=1S/C13H14N6O/c14-18-16-5-9-4-13(20)19(7-9)8-10-2-1-3-12-11(10)6-15-17-12/h1-3,6,9H,4-5,7-8H2,(H,15,17). The normalized spacial score (nSPS) is 18.5. The molecule has 0 spiro atoms. The topological polar surface area (TPSA) is 97.8 Å². The predicted molar refractivity (Wildman–Crippen MR) is 73.6 cm³/mol. The van der Waals surface area contributed by atoms with E-state index in [1.54, 1.807) is 6.20 Å². The fraction of sp³-hybridized carbons (Fsp3) is 0.385. The molecule has 1 aromatic carbocycles. The Kier molecular flexibility index (Phi) is 3.26. The van der Waals surface area contributed by atoms with Crippen LogP contribution in [0.15, 0.2) is 29.5 Å². The van der Waals surface area contributed by atoms with Gasteiger partial charge in [0.2, 0.25) is 5.91 Å². The highest BCUT2D eigenvalue weighted by molar-refractivity contribution is 5.83. The fourth-order valence-electron chi connectivity index (χ4n) is 2.65. The number of carbonyl (C=O) groups excluding carboxylic acids is 1. The third-order valence-electron chi connectivity index (χ3n) is 3.63. The van der Waals surface area contributed by atoms with Gasteiger partial charge in [-0.15, -0.1) is 0 Å². The molecule has 102 valence electrons. The van der Waals surface area contributed by atoms with E-state index in [0.29, 0.717) is 26.1 Å². The molecule has 2 aromatic rings. The largest absolute Gasteiger partial charge is 0.338 e. The average molecular weight is 270 g/mol. The van der Waals surface area contributed by atoms with E-state index in [0.717, 1.165) is 16.5 Å². The molecule has 1 aromatic heterocycles. The number of azide groups is 1. The summed E-state index contributed by atoms with van der Waals surface area (Å²) >= 11 is 0. The van der Waals surface area contributed by atoms with Gasteiger partial charge in [-0.3, -0.25) is 9.89 Å². The summed E-state index contributed by atoms with van der Waals surface area (Å²) < 4.78 is 0. The molecule has 0 bridgehead atoms. The van der Waals surface area contributed by atoms with E-state index in [9.17, 15) is 4.79 Å². The summed E-state index contributed by atoms with van der Waals surface area (Å²) in [5.74, 6) is 0.241. The quantitative estimate of drug-likeness (QED) is 0.523. The van der Waals surface area contributed by atoms with Crippen LogP contribution in [0.5, 0.6) is 0 Å². The Balaban J connectivity index is 1.76. The first kappa shape index (κ1) is 12.5. The van der Waals surface area contributed by atoms with E-state index < -0.39 is 0 Å². The molecule has 1 amide bonds. The molecule has 0 radical (unpaired) electrons. The van der Waals surface area contributed by atoms with Crippen molar-refractivity contribution in [2.24, 2.45) is 11.0 Å². The molecule has 3 rings (SSSR count). The number of likely N-dealkylation sites (tertiary alicyclic amines) is 1. The molecular formula is C13H14N6O. The molecule has 2 heterocycles. The van der Waals surface area contributed by atoms with Gasteiger partial charge >= 0.3 is 0 Å². The summed E-state index contributed by atoms with van der Waals surface area (Å²) in [7, 11) is 0. The van der Waals surface area contributed by atoms with Gasteiger partial charge in [0, 0.05) is 36.4 Å². The van der Waals surface area contributed by atoms with E-state index in [1.807, 2.05) is 23.1 Å². The monoisotopic (exact) mass is 270 g/mol. The molecular weight excluding hydrogens is 256 g/mol. The smallest absolute Gasteiger partial charge is 0.223 e. The molecule has 1 atom stereocenters. The zero-order valence-corrected chi connectivity index (χ0v) is 10.9. The number of rotatable bonds is 4. The molecule has 0 aliphatic carbocycles. The highest BCUT2D eigenvalue weighted by Crippen LogP contribution is 2.23. The van der Waals surface area contributed by atoms with Crippen molar-refractivity contribution in [2.45, 2.75) is 13.0 Å². The summed E-state index contributed by atoms with van der Waals surface area (Å²) in [4.78, 5) is 16.6. The van der Waals surface area contributed by atoms with Gasteiger partial charge in [0.15, 0.2) is 0 Å². The number of aromatic amines is 1. The van der Waals surface area contributed by atoms with Crippen LogP contribution < -0.4 is 0 Å². The molecule has 1 unspecified atom stereocenters. The lowest BCUT2D eigenvalue weighted by atomic mass is 10.1. The zero-order chi connectivity index (χ0) is 13.9. The van der Waals surface area contributed by atoms with Crippen LogP contribution in [0.25, 0.3) is 21.3 Å². The van der Waals surface area contributed by atoms with E-state index in [2.05, 4.69) is 20.2 Å². The van der Waals surface area contributed by atoms with Gasteiger partial charge < -0.3 is 4.90 Å². The van der Waals surface area contributed by atoms with Crippen molar-refractivity contribution in [3.63, 3.8) is 0 Å². The first-order chi connectivity index (χ1) is 9.78. The van der Waals surface area contributed by atoms with Gasteiger partial charge in [-0.2, -0.15) is 5.10 Å². The van der Waals surface area contributed by atoms with Crippen LogP contribution in [0.2, 0.25) is 0 Å². The lowest BCUT2D eigenvalue weighted by Gasteiger charge is -2.16. The second-order valence-corrected chi connectivity index (χ2v) is 5.01. The van der Waals surface area contributed by atoms with Crippen LogP contribution in [-0.2, 0) is 11.3 Å². The second-order valence-electron chi connectivity index (χ2n) is 5.01. The van der Waals surface area contributed by atoms with Crippen LogP contribution in [-0.4, -0.2) is 34.1 Å². The Morgan fingerprint density at radius 1 is 1.55 bits per heavy atom. The van der Waals surface area contributed by atoms with Crippen molar-refractivity contribution in [1.29, 1.82) is 0 Å². The molecule has 1 N–H and O–H groups in total. The van der Waals surface area contributed by atoms with Crippen molar-refractivity contribution in [2.75, 3.05) is 13.1 Å². The Bertz CT molecular complexity index is 687. The predicted octanol–water partition coefficient (Wildman–Crippen LogP) is 2.22. The maximum Gasteiger partial charge on any atom is 0.223 e. The Morgan fingerprint density at radius 3 is 3.30 bits per heavy atom. The highest BCUT2D eigenvalue weighted by Gasteiger charge is 2.29. The molecule has 7 heteroatoms. The van der Waals surface area contributed by atoms with Crippen molar-refractivity contribution in [3.8, 4) is 0 Å². The summed E-state index contributed by atoms with van der Waals surface area (Å²) in [5.41, 5.74) is 10.4. The van der Waals surface area contributed by atoms with Gasteiger partial charge in [0.1, 0.15) is 0 Å². The minimum absolute atomic E-state index is 0.114. The second kappa shape index (κ2) is 5.22. The molecule has 1 aliphatic heterocycles. The van der Waals surface area contributed by atoms with Crippen LogP contribution in [0.4, 0.5) is 0 Å². The minimum atomic E-state index is 0.114. The molecule has 7 nitrogen and oxygen atoms in total. The molecule has 20 heavy (non-hydrogen) atoms. The van der Waals surface area contributed by atoms with E-state index >= 15 is 0 Å². The third kappa shape index (κ3) is 2.31. The minimum Gasteiger partial charge on any atom is -0.338 e. The molecule has 1 aliphatic rings. The Morgan fingerprint density at radius 2 is 2.45 bits per heavy atom. The lowest BCUT2D eigenvalue weighted by molar-refractivity contribution is -0.128. The fourth-order valence-corrected chi connectivity index (χ4v) is 2.65. The van der Waals surface area contributed by atoms with Crippen LogP contribution in [0.1, 0.15) is 12.0 Å². The summed E-state index contributed by atoms with van der Waals surface area (Å²) in [6.07, 6.45) is 2.24. The summed E-state index contributed by atoms with van der Waals surface area (Å²) in [5, 5.41) is 11.6. The third-order valence-corrected chi connectivity index (χ3v) is 3.63. The number of fused-ring (bicyclic) bond motifs is 1.